The zero-order chi connectivity index (χ0) is 40.5. The van der Waals surface area contributed by atoms with Crippen molar-refractivity contribution in [1.29, 1.82) is 0 Å². The zero-order valence-electron chi connectivity index (χ0n) is 34.1. The summed E-state index contributed by atoms with van der Waals surface area (Å²) in [7, 11) is 2.35. The Morgan fingerprint density at radius 1 is 0.533 bits per heavy atom. The van der Waals surface area contributed by atoms with Crippen LogP contribution in [0.4, 0.5) is 28.4 Å². The number of benzene rings is 9. The van der Waals surface area contributed by atoms with Gasteiger partial charge in [0.1, 0.15) is 0 Å². The number of nitrogens with zero attached hydrogens (tertiary/aromatic N) is 1. The number of ether oxygens (including phenoxy) is 2. The molecule has 9 aromatic rings. The maximum atomic E-state index is 6.57. The van der Waals surface area contributed by atoms with Crippen LogP contribution in [0.5, 0.6) is 23.0 Å². The molecule has 0 aliphatic carbocycles. The third-order valence-corrected chi connectivity index (χ3v) is 12.0. The molecular formula is C55H42BN2O2. The smallest absolute Gasteiger partial charge is 0.198 e. The highest BCUT2D eigenvalue weighted by atomic mass is 16.6. The van der Waals surface area contributed by atoms with Gasteiger partial charge in [-0.3, -0.25) is 0 Å². The Kier molecular flexibility index (Phi) is 8.35. The van der Waals surface area contributed by atoms with Gasteiger partial charge in [-0.15, -0.1) is 0 Å². The molecule has 11 rings (SSSR count). The maximum Gasteiger partial charge on any atom is 0.198 e. The summed E-state index contributed by atoms with van der Waals surface area (Å²) in [4.78, 5) is 2.46. The normalized spacial score (nSPS) is 12.7. The number of para-hydroxylation sites is 2. The number of hydrogen-bond acceptors (Lipinski definition) is 4. The standard InChI is InChI=1S/C55H42BN2O2/c1-34-30-39(55(2,3)4)25-29-46(34)58-47-33-51-50(59-48-20-12-13-21-49(48)60-51)32-44(47)56-53-43(31-38-17-9-11-19-42(38)54(53)58)52-41-18-10-8-16-37(41)24-28-45(52)57-40-26-22-36(23-27-40)35-14-6-5-7-15-35/h5-33,57H,1-4H3. The highest BCUT2D eigenvalue weighted by Gasteiger charge is 2.34. The van der Waals surface area contributed by atoms with Crippen LogP contribution in [0.2, 0.25) is 0 Å². The van der Waals surface area contributed by atoms with Gasteiger partial charge < -0.3 is 19.7 Å². The van der Waals surface area contributed by atoms with Crippen molar-refractivity contribution >= 4 is 68.2 Å². The SMILES string of the molecule is Cc1cc(C(C)(C)C)ccc1N1c2cc3c(cc2[B]c2c(-c4c(Nc5ccc(-c6ccccc6)cc5)ccc5ccccc45)cc4ccccc4c21)Oc1ccccc1O3. The van der Waals surface area contributed by atoms with Crippen molar-refractivity contribution < 1.29 is 9.47 Å². The fraction of sp³-hybridized carbons (Fsp3) is 0.0909. The van der Waals surface area contributed by atoms with E-state index in [0.717, 1.165) is 55.9 Å². The van der Waals surface area contributed by atoms with Gasteiger partial charge in [0.15, 0.2) is 30.3 Å². The number of nitrogens with one attached hydrogen (secondary N) is 1. The second-order valence-electron chi connectivity index (χ2n) is 16.9. The monoisotopic (exact) mass is 773 g/mol. The number of rotatable bonds is 5. The predicted molar refractivity (Wildman–Crippen MR) is 252 cm³/mol. The Hall–Kier alpha value is -7.24. The molecule has 1 radical (unpaired) electrons. The van der Waals surface area contributed by atoms with Crippen LogP contribution in [0.15, 0.2) is 176 Å². The third-order valence-electron chi connectivity index (χ3n) is 12.0. The highest BCUT2D eigenvalue weighted by molar-refractivity contribution is 6.74. The van der Waals surface area contributed by atoms with E-state index >= 15 is 0 Å². The molecule has 0 saturated carbocycles. The summed E-state index contributed by atoms with van der Waals surface area (Å²) in [5.41, 5.74) is 14.7. The topological polar surface area (TPSA) is 33.7 Å². The molecule has 2 heterocycles. The molecule has 4 nitrogen and oxygen atoms in total. The van der Waals surface area contributed by atoms with Gasteiger partial charge in [0, 0.05) is 45.5 Å². The zero-order valence-corrected chi connectivity index (χ0v) is 34.1. The fourth-order valence-corrected chi connectivity index (χ4v) is 8.92. The lowest BCUT2D eigenvalue weighted by Gasteiger charge is -2.38. The molecule has 9 aromatic carbocycles. The molecule has 5 heteroatoms. The Balaban J connectivity index is 1.15. The Bertz CT molecular complexity index is 3150. The molecule has 287 valence electrons. The summed E-state index contributed by atoms with van der Waals surface area (Å²) in [6.45, 7) is 9.06. The van der Waals surface area contributed by atoms with E-state index < -0.39 is 0 Å². The molecule has 0 bridgehead atoms. The second-order valence-corrected chi connectivity index (χ2v) is 16.9. The van der Waals surface area contributed by atoms with E-state index in [1.807, 2.05) is 24.3 Å². The molecule has 0 atom stereocenters. The molecule has 0 fully saturated rings. The first-order chi connectivity index (χ1) is 29.3. The summed E-state index contributed by atoms with van der Waals surface area (Å²) in [5.74, 6) is 2.81. The Morgan fingerprint density at radius 2 is 1.18 bits per heavy atom. The Morgan fingerprint density at radius 3 is 1.92 bits per heavy atom. The van der Waals surface area contributed by atoms with Gasteiger partial charge in [-0.1, -0.05) is 148 Å². The summed E-state index contributed by atoms with van der Waals surface area (Å²) in [6, 6.07) is 62.7. The van der Waals surface area contributed by atoms with Crippen molar-refractivity contribution in [2.45, 2.75) is 33.1 Å². The predicted octanol–water partition coefficient (Wildman–Crippen LogP) is 14.0. The van der Waals surface area contributed by atoms with Crippen molar-refractivity contribution in [3.05, 3.63) is 187 Å². The van der Waals surface area contributed by atoms with Crippen LogP contribution < -0.4 is 30.6 Å². The first kappa shape index (κ1) is 35.9. The average Bonchev–Trinajstić information content (AvgIpc) is 3.27. The lowest BCUT2D eigenvalue weighted by atomic mass is 9.57. The lowest BCUT2D eigenvalue weighted by molar-refractivity contribution is 0.360. The van der Waals surface area contributed by atoms with Crippen LogP contribution in [0.3, 0.4) is 0 Å². The van der Waals surface area contributed by atoms with Gasteiger partial charge in [-0.2, -0.15) is 0 Å². The first-order valence-electron chi connectivity index (χ1n) is 20.7. The van der Waals surface area contributed by atoms with Gasteiger partial charge in [-0.05, 0) is 110 Å². The summed E-state index contributed by atoms with van der Waals surface area (Å²) >= 11 is 0. The van der Waals surface area contributed by atoms with Crippen LogP contribution in [0, 0.1) is 6.92 Å². The lowest BCUT2D eigenvalue weighted by Crippen LogP contribution is -2.41. The van der Waals surface area contributed by atoms with E-state index in [1.165, 1.54) is 38.4 Å². The summed E-state index contributed by atoms with van der Waals surface area (Å²) in [5, 5.41) is 8.56. The van der Waals surface area contributed by atoms with Gasteiger partial charge in [0.25, 0.3) is 0 Å². The van der Waals surface area contributed by atoms with Crippen molar-refractivity contribution in [1.82, 2.24) is 0 Å². The average molecular weight is 774 g/mol. The van der Waals surface area contributed by atoms with Crippen LogP contribution >= 0.6 is 0 Å². The van der Waals surface area contributed by atoms with Crippen molar-refractivity contribution in [3.8, 4) is 45.3 Å². The van der Waals surface area contributed by atoms with Crippen molar-refractivity contribution in [2.24, 2.45) is 0 Å². The first-order valence-corrected chi connectivity index (χ1v) is 20.7. The molecule has 0 spiro atoms. The molecule has 60 heavy (non-hydrogen) atoms. The van der Waals surface area contributed by atoms with Gasteiger partial charge in [-0.25, -0.2) is 0 Å². The van der Waals surface area contributed by atoms with E-state index in [-0.39, 0.29) is 5.41 Å². The highest BCUT2D eigenvalue weighted by Crippen LogP contribution is 2.50. The third kappa shape index (κ3) is 6.08. The Labute approximate surface area is 351 Å². The van der Waals surface area contributed by atoms with Crippen LogP contribution in [-0.2, 0) is 5.41 Å². The largest absolute Gasteiger partial charge is 0.450 e. The molecule has 0 unspecified atom stereocenters. The maximum absolute atomic E-state index is 6.57. The minimum atomic E-state index is 0.00588. The van der Waals surface area contributed by atoms with E-state index in [9.17, 15) is 0 Å². The minimum absolute atomic E-state index is 0.00588. The molecule has 0 aromatic heterocycles. The molecule has 2 aliphatic heterocycles. The number of aryl methyl sites for hydroxylation is 1. The quantitative estimate of drug-likeness (QED) is 0.177. The molecule has 0 saturated heterocycles. The molecule has 0 amide bonds. The molecule has 1 N–H and O–H groups in total. The van der Waals surface area contributed by atoms with Gasteiger partial charge >= 0.3 is 0 Å². The number of anilines is 5. The number of fused-ring (bicyclic) bond motifs is 7. The van der Waals surface area contributed by atoms with E-state index in [0.29, 0.717) is 23.0 Å². The van der Waals surface area contributed by atoms with Crippen LogP contribution in [-0.4, -0.2) is 7.28 Å². The van der Waals surface area contributed by atoms with Gasteiger partial charge in [0.05, 0.1) is 0 Å². The van der Waals surface area contributed by atoms with Crippen LogP contribution in [0.25, 0.3) is 43.8 Å². The van der Waals surface area contributed by atoms with Crippen molar-refractivity contribution in [3.63, 3.8) is 0 Å². The molecular weight excluding hydrogens is 731 g/mol. The number of hydrogen-bond donors (Lipinski definition) is 1. The van der Waals surface area contributed by atoms with E-state index in [1.54, 1.807) is 0 Å². The fourth-order valence-electron chi connectivity index (χ4n) is 8.92. The van der Waals surface area contributed by atoms with Crippen LogP contribution in [0.1, 0.15) is 31.9 Å². The summed E-state index contributed by atoms with van der Waals surface area (Å²) in [6.07, 6.45) is 0. The minimum Gasteiger partial charge on any atom is -0.450 e. The molecule has 2 aliphatic rings. The van der Waals surface area contributed by atoms with E-state index in [2.05, 4.69) is 197 Å². The van der Waals surface area contributed by atoms with Crippen molar-refractivity contribution in [2.75, 3.05) is 10.2 Å². The second kappa shape index (κ2) is 14.0. The van der Waals surface area contributed by atoms with E-state index in [4.69, 9.17) is 9.47 Å². The van der Waals surface area contributed by atoms with Gasteiger partial charge in [0.2, 0.25) is 0 Å². The summed E-state index contributed by atoms with van der Waals surface area (Å²) < 4.78 is 13.1.